The van der Waals surface area contributed by atoms with E-state index in [4.69, 9.17) is 0 Å². The molecule has 0 aromatic heterocycles. The van der Waals surface area contributed by atoms with Gasteiger partial charge in [-0.05, 0) is 59.8 Å². The number of allylic oxidation sites excluding steroid dienone is 3. The highest BCUT2D eigenvalue weighted by Crippen LogP contribution is 2.46. The van der Waals surface area contributed by atoms with Gasteiger partial charge in [-0.2, -0.15) is 8.42 Å². The zero-order valence-electron chi connectivity index (χ0n) is 19.0. The van der Waals surface area contributed by atoms with Gasteiger partial charge in [0.15, 0.2) is 5.17 Å². The summed E-state index contributed by atoms with van der Waals surface area (Å²) in [5.74, 6) is -0.906. The molecule has 0 atom stereocenters. The van der Waals surface area contributed by atoms with Gasteiger partial charge in [0, 0.05) is 30.4 Å². The molecule has 1 amide bonds. The van der Waals surface area contributed by atoms with Crippen LogP contribution >= 0.6 is 11.8 Å². The second kappa shape index (κ2) is 8.88. The number of anilines is 1. The van der Waals surface area contributed by atoms with Crippen molar-refractivity contribution in [1.82, 2.24) is 4.90 Å². The van der Waals surface area contributed by atoms with E-state index < -0.39 is 15.8 Å². The number of sulfonamides is 1. The van der Waals surface area contributed by atoms with E-state index >= 15 is 0 Å². The van der Waals surface area contributed by atoms with Gasteiger partial charge in [-0.15, -0.1) is 11.0 Å². The minimum atomic E-state index is -4.13. The summed E-state index contributed by atoms with van der Waals surface area (Å²) in [4.78, 5) is 16.6. The molecule has 0 aliphatic carbocycles. The van der Waals surface area contributed by atoms with Crippen LogP contribution in [0.5, 0.6) is 0 Å². The molecule has 1 saturated heterocycles. The highest BCUT2D eigenvalue weighted by Gasteiger charge is 2.38. The van der Waals surface area contributed by atoms with Crippen LogP contribution in [0.2, 0.25) is 0 Å². The third kappa shape index (κ3) is 4.21. The van der Waals surface area contributed by atoms with Crippen LogP contribution in [0.3, 0.4) is 0 Å². The minimum Gasteiger partial charge on any atom is -0.347 e. The zero-order valence-corrected chi connectivity index (χ0v) is 20.7. The highest BCUT2D eigenvalue weighted by atomic mass is 32.2. The summed E-state index contributed by atoms with van der Waals surface area (Å²) in [5.41, 5.74) is 3.03. The molecule has 0 radical (unpaired) electrons. The van der Waals surface area contributed by atoms with Crippen molar-refractivity contribution in [3.63, 3.8) is 0 Å². The Kier molecular flexibility index (Phi) is 6.26. The van der Waals surface area contributed by atoms with Crippen LogP contribution in [-0.2, 0) is 20.2 Å². The van der Waals surface area contributed by atoms with Crippen molar-refractivity contribution < 1.29 is 17.6 Å². The molecule has 0 saturated carbocycles. The van der Waals surface area contributed by atoms with Gasteiger partial charge in [-0.3, -0.25) is 9.69 Å². The smallest absolute Gasteiger partial charge is 0.284 e. The number of benzene rings is 2. The Morgan fingerprint density at radius 1 is 1.12 bits per heavy atom. The van der Waals surface area contributed by atoms with Gasteiger partial charge < -0.3 is 4.90 Å². The number of amides is 1. The number of hydrogen-bond acceptors (Lipinski definition) is 5. The number of para-hydroxylation sites is 1. The first-order valence-corrected chi connectivity index (χ1v) is 12.8. The molecular formula is C25H24FN3O3S2. The zero-order chi connectivity index (χ0) is 24.7. The number of likely N-dealkylation sites (N-methyl/N-ethyl adjacent to an activating group) is 1. The maximum absolute atomic E-state index is 13.2. The van der Waals surface area contributed by atoms with Gasteiger partial charge in [0.1, 0.15) is 5.82 Å². The molecule has 176 valence electrons. The van der Waals surface area contributed by atoms with Crippen LogP contribution in [0.1, 0.15) is 19.4 Å². The quantitative estimate of drug-likeness (QED) is 0.437. The van der Waals surface area contributed by atoms with Crippen LogP contribution < -0.4 is 4.90 Å². The highest BCUT2D eigenvalue weighted by molar-refractivity contribution is 8.19. The molecule has 0 bridgehead atoms. The van der Waals surface area contributed by atoms with Gasteiger partial charge >= 0.3 is 0 Å². The van der Waals surface area contributed by atoms with E-state index in [0.717, 1.165) is 47.4 Å². The Labute approximate surface area is 203 Å². The minimum absolute atomic E-state index is 0.0289. The van der Waals surface area contributed by atoms with Crippen LogP contribution in [0.15, 0.2) is 93.2 Å². The fourth-order valence-electron chi connectivity index (χ4n) is 4.10. The average Bonchev–Trinajstić information content (AvgIpc) is 3.18. The van der Waals surface area contributed by atoms with Crippen molar-refractivity contribution in [2.75, 3.05) is 18.5 Å². The number of carbonyl (C=O) groups is 1. The van der Waals surface area contributed by atoms with E-state index in [1.54, 1.807) is 6.08 Å². The molecule has 34 heavy (non-hydrogen) atoms. The molecule has 2 aliphatic rings. The molecule has 2 aliphatic heterocycles. The number of halogens is 1. The van der Waals surface area contributed by atoms with Crippen molar-refractivity contribution >= 4 is 38.5 Å². The fraction of sp³-hybridized carbons (Fsp3) is 0.200. The first kappa shape index (κ1) is 24.0. The monoisotopic (exact) mass is 497 g/mol. The number of carbonyl (C=O) groups excluding carboxylic acids is 1. The average molecular weight is 498 g/mol. The number of rotatable bonds is 5. The summed E-state index contributed by atoms with van der Waals surface area (Å²) >= 11 is 0.983. The van der Waals surface area contributed by atoms with E-state index in [1.807, 2.05) is 25.3 Å². The molecular weight excluding hydrogens is 473 g/mol. The Bertz CT molecular complexity index is 1360. The third-order valence-electron chi connectivity index (χ3n) is 5.84. The SMILES string of the molecule is C=CCN1C(=O)/C(=C/C=C2/N(C)c3ccccc3C2(C)C)SC1=NS(=O)(=O)c1ccc(F)cc1. The van der Waals surface area contributed by atoms with Crippen LogP contribution in [0, 0.1) is 5.82 Å². The Hall–Kier alpha value is -3.17. The summed E-state index contributed by atoms with van der Waals surface area (Å²) in [7, 11) is -2.15. The van der Waals surface area contributed by atoms with Gasteiger partial charge in [-0.25, -0.2) is 4.39 Å². The fourth-order valence-corrected chi connectivity index (χ4v) is 6.23. The molecule has 0 spiro atoms. The molecule has 0 N–H and O–H groups in total. The predicted molar refractivity (Wildman–Crippen MR) is 135 cm³/mol. The van der Waals surface area contributed by atoms with Crippen molar-refractivity contribution in [3.05, 3.63) is 95.3 Å². The lowest BCUT2D eigenvalue weighted by Gasteiger charge is -2.23. The predicted octanol–water partition coefficient (Wildman–Crippen LogP) is 4.83. The molecule has 0 unspecified atom stereocenters. The lowest BCUT2D eigenvalue weighted by molar-refractivity contribution is -0.121. The molecule has 2 aromatic rings. The number of fused-ring (bicyclic) bond motifs is 1. The summed E-state index contributed by atoms with van der Waals surface area (Å²) < 4.78 is 42.6. The van der Waals surface area contributed by atoms with Gasteiger partial charge in [0.05, 0.1) is 9.80 Å². The summed E-state index contributed by atoms with van der Waals surface area (Å²) in [5, 5.41) is 0.0289. The van der Waals surface area contributed by atoms with E-state index in [1.165, 1.54) is 16.5 Å². The standard InChI is InChI=1S/C25H24FN3O3S2/c1-5-16-29-23(30)21(33-24(29)27-34(31,32)18-12-10-17(26)11-13-18)14-15-22-25(2,3)19-8-6-7-9-20(19)28(22)4/h5-15H,1,16H2,2-4H3/b21-14-,22-15+,27-24?. The van der Waals surface area contributed by atoms with Crippen LogP contribution in [0.4, 0.5) is 10.1 Å². The Balaban J connectivity index is 1.70. The Morgan fingerprint density at radius 3 is 2.44 bits per heavy atom. The summed E-state index contributed by atoms with van der Waals surface area (Å²) in [6, 6.07) is 12.5. The molecule has 4 rings (SSSR count). The van der Waals surface area contributed by atoms with Crippen molar-refractivity contribution in [2.24, 2.45) is 4.40 Å². The van der Waals surface area contributed by atoms with E-state index in [0.29, 0.717) is 4.91 Å². The lowest BCUT2D eigenvalue weighted by Crippen LogP contribution is -2.29. The number of hydrogen-bond donors (Lipinski definition) is 0. The second-order valence-corrected chi connectivity index (χ2v) is 11.0. The van der Waals surface area contributed by atoms with Crippen molar-refractivity contribution in [2.45, 2.75) is 24.2 Å². The molecule has 9 heteroatoms. The largest absolute Gasteiger partial charge is 0.347 e. The first-order valence-electron chi connectivity index (χ1n) is 10.5. The van der Waals surface area contributed by atoms with E-state index in [-0.39, 0.29) is 27.9 Å². The van der Waals surface area contributed by atoms with Crippen molar-refractivity contribution in [3.8, 4) is 0 Å². The maximum Gasteiger partial charge on any atom is 0.284 e. The molecule has 1 fully saturated rings. The molecule has 6 nitrogen and oxygen atoms in total. The van der Waals surface area contributed by atoms with Crippen molar-refractivity contribution in [1.29, 1.82) is 0 Å². The maximum atomic E-state index is 13.2. The lowest BCUT2D eigenvalue weighted by atomic mass is 9.84. The molecule has 2 heterocycles. The number of amidine groups is 1. The Morgan fingerprint density at radius 2 is 1.79 bits per heavy atom. The van der Waals surface area contributed by atoms with Crippen LogP contribution in [-0.4, -0.2) is 38.0 Å². The van der Waals surface area contributed by atoms with E-state index in [2.05, 4.69) is 41.9 Å². The normalized spacial score (nSPS) is 21.1. The number of thioether (sulfide) groups is 1. The van der Waals surface area contributed by atoms with Crippen LogP contribution in [0.25, 0.3) is 0 Å². The van der Waals surface area contributed by atoms with Gasteiger partial charge in [0.2, 0.25) is 0 Å². The van der Waals surface area contributed by atoms with Gasteiger partial charge in [0.25, 0.3) is 15.9 Å². The summed E-state index contributed by atoms with van der Waals surface area (Å²) in [6.45, 7) is 8.00. The van der Waals surface area contributed by atoms with Gasteiger partial charge in [-0.1, -0.05) is 38.1 Å². The molecule has 2 aromatic carbocycles. The number of nitrogens with zero attached hydrogens (tertiary/aromatic N) is 3. The third-order valence-corrected chi connectivity index (χ3v) is 8.26. The van der Waals surface area contributed by atoms with E-state index in [9.17, 15) is 17.6 Å². The summed E-state index contributed by atoms with van der Waals surface area (Å²) in [6.07, 6.45) is 5.10. The topological polar surface area (TPSA) is 70.1 Å². The first-order chi connectivity index (χ1) is 16.1. The second-order valence-electron chi connectivity index (χ2n) is 8.39.